The number of fused-ring (bicyclic) bond motifs is 1. The van der Waals surface area contributed by atoms with Crippen molar-refractivity contribution in [3.63, 3.8) is 0 Å². The summed E-state index contributed by atoms with van der Waals surface area (Å²) in [5, 5.41) is 32.3. The van der Waals surface area contributed by atoms with Crippen LogP contribution in [0.4, 0.5) is 13.2 Å². The maximum atomic E-state index is 12.6. The lowest BCUT2D eigenvalue weighted by molar-refractivity contribution is -0.271. The molecule has 0 aromatic carbocycles. The molecular formula is C11H17F3N2O4S. The van der Waals surface area contributed by atoms with Gasteiger partial charge < -0.3 is 25.4 Å². The molecule has 0 saturated carbocycles. The summed E-state index contributed by atoms with van der Waals surface area (Å²) in [4.78, 5) is 4.11. The lowest BCUT2D eigenvalue weighted by Crippen LogP contribution is -2.60. The average molecular weight is 330 g/mol. The molecule has 2 heterocycles. The van der Waals surface area contributed by atoms with E-state index in [9.17, 15) is 28.5 Å². The number of amidine groups is 1. The molecule has 0 amide bonds. The Hall–Kier alpha value is -0.550. The zero-order chi connectivity index (χ0) is 15.8. The molecule has 0 aliphatic carbocycles. The van der Waals surface area contributed by atoms with Crippen molar-refractivity contribution in [3.05, 3.63) is 0 Å². The predicted octanol–water partition coefficient (Wildman–Crippen LogP) is -0.173. The zero-order valence-corrected chi connectivity index (χ0v) is 11.9. The molecule has 0 radical (unpaired) electrons. The Morgan fingerprint density at radius 1 is 1.38 bits per heavy atom. The summed E-state index contributed by atoms with van der Waals surface area (Å²) >= 11 is 1.04. The molecule has 0 unspecified atom stereocenters. The van der Waals surface area contributed by atoms with Crippen molar-refractivity contribution in [3.8, 4) is 0 Å². The second-order valence-electron chi connectivity index (χ2n) is 4.91. The third kappa shape index (κ3) is 3.45. The van der Waals surface area contributed by atoms with Gasteiger partial charge in [0.2, 0.25) is 0 Å². The average Bonchev–Trinajstić information content (AvgIpc) is 2.82. The van der Waals surface area contributed by atoms with Crippen molar-refractivity contribution in [2.24, 2.45) is 4.99 Å². The molecule has 122 valence electrons. The minimum Gasteiger partial charge on any atom is -0.388 e. The smallest absolute Gasteiger partial charge is 0.388 e. The summed E-state index contributed by atoms with van der Waals surface area (Å²) < 4.78 is 42.8. The van der Waals surface area contributed by atoms with E-state index in [2.05, 4.69) is 10.3 Å². The summed E-state index contributed by atoms with van der Waals surface area (Å²) in [7, 11) is 0. The fraction of sp³-hybridized carbons (Fsp3) is 0.909. The third-order valence-corrected chi connectivity index (χ3v) is 4.37. The van der Waals surface area contributed by atoms with Gasteiger partial charge in [-0.2, -0.15) is 13.2 Å². The van der Waals surface area contributed by atoms with Gasteiger partial charge in [0.1, 0.15) is 29.8 Å². The Morgan fingerprint density at radius 3 is 2.62 bits per heavy atom. The molecule has 6 atom stereocenters. The number of aliphatic imine (C=N–C) groups is 1. The van der Waals surface area contributed by atoms with Gasteiger partial charge in [0, 0.05) is 6.54 Å². The van der Waals surface area contributed by atoms with E-state index in [0.29, 0.717) is 11.7 Å². The van der Waals surface area contributed by atoms with Gasteiger partial charge in [0.05, 0.1) is 0 Å². The summed E-state index contributed by atoms with van der Waals surface area (Å²) in [5.74, 6) is 0. The second-order valence-corrected chi connectivity index (χ2v) is 5.99. The van der Waals surface area contributed by atoms with Gasteiger partial charge in [-0.05, 0) is 6.42 Å². The molecule has 2 rings (SSSR count). The number of nitrogens with one attached hydrogen (secondary N) is 1. The summed E-state index contributed by atoms with van der Waals surface area (Å²) in [5.41, 5.74) is -0.871. The number of nitrogens with zero attached hydrogens (tertiary/aromatic N) is 1. The Morgan fingerprint density at radius 2 is 2.05 bits per heavy atom. The largest absolute Gasteiger partial charge is 0.417 e. The highest BCUT2D eigenvalue weighted by Gasteiger charge is 2.55. The SMILES string of the molecule is CCCNC1=N[C@@H]2[C@@H](O)[C@H](O)[C@@H]([C@H](O)C(F)(F)F)O[C@@H]2S1. The highest BCUT2D eigenvalue weighted by molar-refractivity contribution is 8.14. The van der Waals surface area contributed by atoms with Crippen LogP contribution in [0.5, 0.6) is 0 Å². The van der Waals surface area contributed by atoms with E-state index >= 15 is 0 Å². The highest BCUT2D eigenvalue weighted by Crippen LogP contribution is 2.39. The van der Waals surface area contributed by atoms with Crippen LogP contribution < -0.4 is 5.32 Å². The highest BCUT2D eigenvalue weighted by atomic mass is 32.2. The first kappa shape index (κ1) is 16.8. The third-order valence-electron chi connectivity index (χ3n) is 3.27. The van der Waals surface area contributed by atoms with Gasteiger partial charge in [0.15, 0.2) is 11.3 Å². The van der Waals surface area contributed by atoms with Crippen LogP contribution in [0.3, 0.4) is 0 Å². The normalized spacial score (nSPS) is 37.9. The molecule has 0 spiro atoms. The number of halogens is 3. The van der Waals surface area contributed by atoms with Gasteiger partial charge in [-0.1, -0.05) is 18.7 Å². The number of hydrogen-bond donors (Lipinski definition) is 4. The van der Waals surface area contributed by atoms with Gasteiger partial charge in [-0.15, -0.1) is 0 Å². The van der Waals surface area contributed by atoms with E-state index in [1.807, 2.05) is 6.92 Å². The number of ether oxygens (including phenoxy) is 1. The van der Waals surface area contributed by atoms with Gasteiger partial charge >= 0.3 is 6.18 Å². The number of alkyl halides is 3. The predicted molar refractivity (Wildman–Crippen MR) is 69.8 cm³/mol. The van der Waals surface area contributed by atoms with Crippen molar-refractivity contribution in [1.29, 1.82) is 0 Å². The Kier molecular flexibility index (Phi) is 5.03. The molecule has 2 aliphatic rings. The van der Waals surface area contributed by atoms with E-state index in [-0.39, 0.29) is 0 Å². The number of aliphatic hydroxyl groups is 3. The quantitative estimate of drug-likeness (QED) is 0.574. The molecule has 0 bridgehead atoms. The molecular weight excluding hydrogens is 313 g/mol. The van der Waals surface area contributed by atoms with Crippen molar-refractivity contribution in [2.45, 2.75) is 55.4 Å². The van der Waals surface area contributed by atoms with Crippen LogP contribution >= 0.6 is 11.8 Å². The fourth-order valence-corrected chi connectivity index (χ4v) is 3.28. The zero-order valence-electron chi connectivity index (χ0n) is 11.1. The van der Waals surface area contributed by atoms with Crippen molar-refractivity contribution >= 4 is 16.9 Å². The Balaban J connectivity index is 2.08. The number of rotatable bonds is 3. The van der Waals surface area contributed by atoms with Gasteiger partial charge in [-0.3, -0.25) is 4.99 Å². The standard InChI is InChI=1S/C11H17F3N2O4S/c1-2-3-15-10-16-4-5(17)6(18)7(20-9(4)21-10)8(19)11(12,13)14/h4-9,17-19H,2-3H2,1H3,(H,15,16)/t4-,5-,6+,7+,8+,9-/m1/s1. The molecule has 6 nitrogen and oxygen atoms in total. The maximum Gasteiger partial charge on any atom is 0.417 e. The molecule has 0 aromatic rings. The van der Waals surface area contributed by atoms with E-state index in [1.54, 1.807) is 0 Å². The molecule has 2 aliphatic heterocycles. The number of thioether (sulfide) groups is 1. The summed E-state index contributed by atoms with van der Waals surface area (Å²) in [6, 6.07) is -0.860. The summed E-state index contributed by atoms with van der Waals surface area (Å²) in [6.07, 6.45) is -12.3. The lowest BCUT2D eigenvalue weighted by Gasteiger charge is -2.40. The lowest BCUT2D eigenvalue weighted by atomic mass is 9.94. The maximum absolute atomic E-state index is 12.6. The minimum absolute atomic E-state index is 0.445. The molecule has 4 N–H and O–H groups in total. The molecule has 1 fully saturated rings. The van der Waals surface area contributed by atoms with E-state index in [4.69, 9.17) is 4.74 Å². The Bertz CT molecular complexity index is 409. The fourth-order valence-electron chi connectivity index (χ4n) is 2.15. The van der Waals surface area contributed by atoms with Crippen LogP contribution in [-0.2, 0) is 4.74 Å². The van der Waals surface area contributed by atoms with Crippen LogP contribution in [0, 0.1) is 0 Å². The first-order chi connectivity index (χ1) is 9.75. The summed E-state index contributed by atoms with van der Waals surface area (Å²) in [6.45, 7) is 2.56. The van der Waals surface area contributed by atoms with Crippen molar-refractivity contribution in [2.75, 3.05) is 6.54 Å². The first-order valence-electron chi connectivity index (χ1n) is 6.50. The molecule has 10 heteroatoms. The second kappa shape index (κ2) is 6.29. The number of aliphatic hydroxyl groups excluding tert-OH is 3. The minimum atomic E-state index is -4.94. The van der Waals surface area contributed by atoms with Crippen molar-refractivity contribution in [1.82, 2.24) is 5.32 Å². The molecule has 21 heavy (non-hydrogen) atoms. The van der Waals surface area contributed by atoms with Crippen LogP contribution in [0.15, 0.2) is 4.99 Å². The topological polar surface area (TPSA) is 94.3 Å². The van der Waals surface area contributed by atoms with Crippen LogP contribution in [0.25, 0.3) is 0 Å². The monoisotopic (exact) mass is 330 g/mol. The van der Waals surface area contributed by atoms with Crippen LogP contribution in [0.1, 0.15) is 13.3 Å². The van der Waals surface area contributed by atoms with Gasteiger partial charge in [0.25, 0.3) is 0 Å². The van der Waals surface area contributed by atoms with E-state index in [0.717, 1.165) is 18.2 Å². The first-order valence-corrected chi connectivity index (χ1v) is 7.38. The van der Waals surface area contributed by atoms with Crippen LogP contribution in [0.2, 0.25) is 0 Å². The molecule has 1 saturated heterocycles. The Labute approximate surface area is 123 Å². The molecule has 0 aromatic heterocycles. The van der Waals surface area contributed by atoms with Gasteiger partial charge in [-0.25, -0.2) is 0 Å². The van der Waals surface area contributed by atoms with E-state index in [1.165, 1.54) is 0 Å². The van der Waals surface area contributed by atoms with Crippen molar-refractivity contribution < 1.29 is 33.2 Å². The number of hydrogen-bond acceptors (Lipinski definition) is 7. The van der Waals surface area contributed by atoms with Crippen LogP contribution in [-0.4, -0.2) is 69.1 Å². The van der Waals surface area contributed by atoms with E-state index < -0.39 is 42.1 Å².